The first-order chi connectivity index (χ1) is 21.1. The summed E-state index contributed by atoms with van der Waals surface area (Å²) in [6, 6.07) is 17.5. The first-order valence-corrected chi connectivity index (χ1v) is 15.0. The van der Waals surface area contributed by atoms with E-state index in [4.69, 9.17) is 4.74 Å². The zero-order chi connectivity index (χ0) is 30.7. The van der Waals surface area contributed by atoms with E-state index in [1.54, 1.807) is 47.3 Å². The Balaban J connectivity index is 1.31. The second kappa shape index (κ2) is 10.5. The molecular weight excluding hydrogens is 629 g/mol. The zero-order valence-corrected chi connectivity index (χ0v) is 25.5. The third-order valence-electron chi connectivity index (χ3n) is 8.14. The van der Waals surface area contributed by atoms with Gasteiger partial charge in [0.25, 0.3) is 11.1 Å². The number of nitrogens with zero attached hydrogens (tertiary/aromatic N) is 5. The van der Waals surface area contributed by atoms with Crippen LogP contribution in [0.4, 0.5) is 4.39 Å². The molecule has 0 N–H and O–H groups in total. The van der Waals surface area contributed by atoms with Crippen molar-refractivity contribution >= 4 is 38.2 Å². The van der Waals surface area contributed by atoms with E-state index in [1.165, 1.54) is 21.5 Å². The number of Topliss-reactive ketones (excluding diaryl/α,β-unsaturated/α-hetero) is 1. The fourth-order valence-electron chi connectivity index (χ4n) is 6.30. The highest BCUT2D eigenvalue weighted by atomic mass is 79.9. The van der Waals surface area contributed by atoms with Crippen molar-refractivity contribution in [2.24, 2.45) is 5.41 Å². The summed E-state index contributed by atoms with van der Waals surface area (Å²) >= 11 is 3.55. The lowest BCUT2D eigenvalue weighted by Gasteiger charge is -2.30. The van der Waals surface area contributed by atoms with Crippen LogP contribution in [-0.2, 0) is 17.9 Å². The summed E-state index contributed by atoms with van der Waals surface area (Å²) in [6.45, 7) is 4.38. The van der Waals surface area contributed by atoms with Gasteiger partial charge in [0, 0.05) is 22.0 Å². The minimum Gasteiger partial charge on any atom is -0.487 e. The van der Waals surface area contributed by atoms with Crippen molar-refractivity contribution < 1.29 is 13.9 Å². The van der Waals surface area contributed by atoms with Gasteiger partial charge in [-0.3, -0.25) is 14.4 Å². The van der Waals surface area contributed by atoms with Crippen molar-refractivity contribution in [1.82, 2.24) is 24.4 Å². The van der Waals surface area contributed by atoms with E-state index < -0.39 is 6.04 Å². The van der Waals surface area contributed by atoms with Crippen molar-refractivity contribution in [3.05, 3.63) is 126 Å². The summed E-state index contributed by atoms with van der Waals surface area (Å²) in [5, 5.41) is 8.95. The molecule has 11 heteroatoms. The van der Waals surface area contributed by atoms with Crippen molar-refractivity contribution in [2.45, 2.75) is 45.9 Å². The van der Waals surface area contributed by atoms with E-state index in [-0.39, 0.29) is 46.5 Å². The van der Waals surface area contributed by atoms with Gasteiger partial charge in [-0.05, 0) is 59.9 Å². The molecule has 5 aromatic rings. The number of hydrogen-bond acceptors (Lipinski definition) is 6. The number of ether oxygens (including phenoxy) is 1. The number of allylic oxidation sites excluding steroid dienone is 2. The molecule has 1 aliphatic carbocycles. The number of fused-ring (bicyclic) bond motifs is 3. The molecule has 9 nitrogen and oxygen atoms in total. The highest BCUT2D eigenvalue weighted by Crippen LogP contribution is 2.48. The molecule has 0 bridgehead atoms. The fraction of sp³-hybridized carbons (Fsp3) is 0.242. The van der Waals surface area contributed by atoms with E-state index in [0.717, 1.165) is 10.0 Å². The number of carbonyl (C=O) groups excluding carboxylic acids is 1. The van der Waals surface area contributed by atoms with Crippen LogP contribution in [0.25, 0.3) is 16.5 Å². The number of benzene rings is 3. The average Bonchev–Trinajstić information content (AvgIpc) is 3.57. The maximum atomic E-state index is 14.1. The molecular formula is C33H27BrFN5O4. The van der Waals surface area contributed by atoms with E-state index in [0.29, 0.717) is 46.6 Å². The summed E-state index contributed by atoms with van der Waals surface area (Å²) in [6.07, 6.45) is 2.47. The molecule has 0 radical (unpaired) electrons. The molecule has 7 rings (SSSR count). The Morgan fingerprint density at radius 3 is 2.52 bits per heavy atom. The van der Waals surface area contributed by atoms with Crippen LogP contribution in [-0.4, -0.2) is 30.1 Å². The molecule has 0 saturated heterocycles. The van der Waals surface area contributed by atoms with Gasteiger partial charge < -0.3 is 4.74 Å². The van der Waals surface area contributed by atoms with E-state index >= 15 is 0 Å². The predicted molar refractivity (Wildman–Crippen MR) is 166 cm³/mol. The van der Waals surface area contributed by atoms with Crippen LogP contribution in [0.1, 0.15) is 49.6 Å². The lowest BCUT2D eigenvalue weighted by atomic mass is 9.74. The molecule has 3 heterocycles. The largest absolute Gasteiger partial charge is 0.487 e. The predicted octanol–water partition coefficient (Wildman–Crippen LogP) is 5.49. The van der Waals surface area contributed by atoms with Crippen LogP contribution in [0.5, 0.6) is 5.75 Å². The Hall–Kier alpha value is -4.64. The minimum atomic E-state index is -0.866. The number of rotatable bonds is 6. The van der Waals surface area contributed by atoms with Crippen molar-refractivity contribution in [3.8, 4) is 5.75 Å². The third kappa shape index (κ3) is 4.81. The number of aromatic nitrogens is 5. The summed E-state index contributed by atoms with van der Waals surface area (Å²) in [7, 11) is 0. The maximum Gasteiger partial charge on any atom is 0.277 e. The summed E-state index contributed by atoms with van der Waals surface area (Å²) < 4.78 is 25.0. The van der Waals surface area contributed by atoms with Crippen LogP contribution in [0.15, 0.2) is 92.6 Å². The standard InChI is InChI=1S/C33H27BrFN5O4/c1-33(2)14-26-29(27(41)15-33)30(40-32(43)24-9-4-3-8-23(24)31(42)39(26)40)25-13-20(34)10-11-28(25)44-18-22-17-38(37-36-22)16-19-6-5-7-21(35)12-19/h3-13,17,30H,14-16,18H2,1-2H3. The Morgan fingerprint density at radius 1 is 0.977 bits per heavy atom. The first-order valence-electron chi connectivity index (χ1n) is 14.2. The first kappa shape index (κ1) is 28.1. The van der Waals surface area contributed by atoms with Crippen LogP contribution < -0.4 is 15.9 Å². The minimum absolute atomic E-state index is 0.0524. The maximum absolute atomic E-state index is 14.1. The van der Waals surface area contributed by atoms with E-state index in [1.807, 2.05) is 32.0 Å². The Labute approximate surface area is 259 Å². The molecule has 1 atom stereocenters. The normalized spacial score (nSPS) is 17.2. The van der Waals surface area contributed by atoms with Crippen LogP contribution in [0.2, 0.25) is 0 Å². The summed E-state index contributed by atoms with van der Waals surface area (Å²) in [5.41, 5.74) is 1.75. The number of hydrogen-bond donors (Lipinski definition) is 0. The van der Waals surface area contributed by atoms with Gasteiger partial charge in [-0.2, -0.15) is 0 Å². The second-order valence-electron chi connectivity index (χ2n) is 12.0. The van der Waals surface area contributed by atoms with Gasteiger partial charge in [0.2, 0.25) is 0 Å². The molecule has 1 aliphatic heterocycles. The molecule has 0 amide bonds. The second-order valence-corrected chi connectivity index (χ2v) is 12.9. The number of ketones is 1. The molecule has 222 valence electrons. The van der Waals surface area contributed by atoms with Crippen LogP contribution in [0, 0.1) is 11.2 Å². The molecule has 0 saturated carbocycles. The van der Waals surface area contributed by atoms with Gasteiger partial charge in [-0.15, -0.1) is 5.10 Å². The van der Waals surface area contributed by atoms with Crippen LogP contribution in [0.3, 0.4) is 0 Å². The highest BCUT2D eigenvalue weighted by Gasteiger charge is 2.45. The summed E-state index contributed by atoms with van der Waals surface area (Å²) in [5.74, 6) is 0.00456. The van der Waals surface area contributed by atoms with Gasteiger partial charge in [-0.25, -0.2) is 18.4 Å². The van der Waals surface area contributed by atoms with E-state index in [2.05, 4.69) is 26.2 Å². The topological polar surface area (TPSA) is 101 Å². The van der Waals surface area contributed by atoms with Gasteiger partial charge in [0.05, 0.1) is 29.2 Å². The van der Waals surface area contributed by atoms with E-state index in [9.17, 15) is 18.8 Å². The highest BCUT2D eigenvalue weighted by molar-refractivity contribution is 9.10. The lowest BCUT2D eigenvalue weighted by molar-refractivity contribution is -0.118. The van der Waals surface area contributed by atoms with Gasteiger partial charge >= 0.3 is 0 Å². The van der Waals surface area contributed by atoms with Crippen molar-refractivity contribution in [3.63, 3.8) is 0 Å². The molecule has 3 aromatic carbocycles. The van der Waals surface area contributed by atoms with Gasteiger partial charge in [0.1, 0.15) is 29.9 Å². The van der Waals surface area contributed by atoms with Crippen LogP contribution >= 0.6 is 15.9 Å². The number of carbonyl (C=O) groups is 1. The van der Waals surface area contributed by atoms with Crippen molar-refractivity contribution in [2.75, 3.05) is 0 Å². The molecule has 0 spiro atoms. The third-order valence-corrected chi connectivity index (χ3v) is 8.63. The SMILES string of the molecule is CC1(C)CC(=O)C2=C(C1)n1c(=O)c3ccccc3c(=O)n1C2c1cc(Br)ccc1OCc1cn(Cc2cccc(F)c2)nn1. The molecule has 2 aliphatic rings. The Kier molecular flexibility index (Phi) is 6.73. The average molecular weight is 657 g/mol. The smallest absolute Gasteiger partial charge is 0.277 e. The molecule has 44 heavy (non-hydrogen) atoms. The lowest BCUT2D eigenvalue weighted by Crippen LogP contribution is -2.37. The molecule has 2 aromatic heterocycles. The Bertz CT molecular complexity index is 2140. The van der Waals surface area contributed by atoms with Gasteiger partial charge in [0.15, 0.2) is 5.78 Å². The summed E-state index contributed by atoms with van der Waals surface area (Å²) in [4.78, 5) is 41.8. The monoisotopic (exact) mass is 655 g/mol. The Morgan fingerprint density at radius 2 is 1.75 bits per heavy atom. The molecule has 1 unspecified atom stereocenters. The number of halogens is 2. The van der Waals surface area contributed by atoms with Gasteiger partial charge in [-0.1, -0.05) is 59.3 Å². The quantitative estimate of drug-likeness (QED) is 0.240. The molecule has 0 fully saturated rings. The van der Waals surface area contributed by atoms with Crippen molar-refractivity contribution in [1.29, 1.82) is 0 Å². The zero-order valence-electron chi connectivity index (χ0n) is 24.0. The fourth-order valence-corrected chi connectivity index (χ4v) is 6.68.